The number of hydrogen-bond acceptors (Lipinski definition) is 5. The van der Waals surface area contributed by atoms with Crippen LogP contribution in [0.2, 0.25) is 5.02 Å². The molecule has 1 aliphatic heterocycles. The van der Waals surface area contributed by atoms with E-state index in [0.29, 0.717) is 17.1 Å². The van der Waals surface area contributed by atoms with E-state index in [9.17, 15) is 24.8 Å². The van der Waals surface area contributed by atoms with E-state index in [1.807, 2.05) is 0 Å². The van der Waals surface area contributed by atoms with Crippen molar-refractivity contribution >= 4 is 34.7 Å². The van der Waals surface area contributed by atoms with Crippen molar-refractivity contribution in [3.63, 3.8) is 0 Å². The number of non-ortho nitro benzene ring substituents is 1. The fraction of sp³-hybridized carbons (Fsp3) is 0.515. The van der Waals surface area contributed by atoms with Gasteiger partial charge in [0.2, 0.25) is 0 Å². The summed E-state index contributed by atoms with van der Waals surface area (Å²) in [6.07, 6.45) is 17.2. The average molecular weight is 583 g/mol. The highest BCUT2D eigenvalue weighted by molar-refractivity contribution is 6.46. The molecule has 1 aliphatic rings. The molecule has 0 radical (unpaired) electrons. The second kappa shape index (κ2) is 16.9. The molecular formula is C33H43ClN2O5. The van der Waals surface area contributed by atoms with Crippen LogP contribution in [0.5, 0.6) is 0 Å². The molecule has 3 rings (SSSR count). The minimum absolute atomic E-state index is 0.0171. The zero-order chi connectivity index (χ0) is 29.6. The lowest BCUT2D eigenvalue weighted by molar-refractivity contribution is -0.384. The molecule has 7 nitrogen and oxygen atoms in total. The number of carbonyl (C=O) groups excluding carboxylic acids is 2. The van der Waals surface area contributed by atoms with Crippen molar-refractivity contribution in [2.75, 3.05) is 6.54 Å². The molecule has 0 spiro atoms. The number of benzene rings is 2. The number of ketones is 1. The van der Waals surface area contributed by atoms with E-state index in [1.54, 1.807) is 24.3 Å². The van der Waals surface area contributed by atoms with Crippen LogP contribution in [0.3, 0.4) is 0 Å². The van der Waals surface area contributed by atoms with Crippen LogP contribution < -0.4 is 0 Å². The number of likely N-dealkylation sites (tertiary alicyclic amines) is 1. The summed E-state index contributed by atoms with van der Waals surface area (Å²) in [6, 6.07) is 11.4. The summed E-state index contributed by atoms with van der Waals surface area (Å²) in [4.78, 5) is 38.3. The molecular weight excluding hydrogens is 540 g/mol. The molecule has 1 fully saturated rings. The molecule has 0 aliphatic carbocycles. The zero-order valence-electron chi connectivity index (χ0n) is 24.2. The Labute approximate surface area is 248 Å². The van der Waals surface area contributed by atoms with Gasteiger partial charge < -0.3 is 10.0 Å². The molecule has 0 aromatic heterocycles. The molecule has 1 heterocycles. The lowest BCUT2D eigenvalue weighted by atomic mass is 9.95. The van der Waals surface area contributed by atoms with Crippen molar-refractivity contribution in [2.45, 2.75) is 103 Å². The van der Waals surface area contributed by atoms with Gasteiger partial charge in [-0.25, -0.2) is 0 Å². The third-order valence-corrected chi connectivity index (χ3v) is 8.08. The van der Waals surface area contributed by atoms with Gasteiger partial charge in [-0.3, -0.25) is 19.7 Å². The van der Waals surface area contributed by atoms with Gasteiger partial charge in [0.1, 0.15) is 5.76 Å². The van der Waals surface area contributed by atoms with Crippen LogP contribution in [0.4, 0.5) is 5.69 Å². The molecule has 1 saturated heterocycles. The average Bonchev–Trinajstić information content (AvgIpc) is 3.22. The molecule has 1 amide bonds. The maximum absolute atomic E-state index is 13.2. The number of halogens is 1. The van der Waals surface area contributed by atoms with E-state index in [0.717, 1.165) is 25.7 Å². The molecule has 222 valence electrons. The summed E-state index contributed by atoms with van der Waals surface area (Å²) in [6.45, 7) is 2.64. The van der Waals surface area contributed by atoms with E-state index in [2.05, 4.69) is 6.92 Å². The normalized spacial score (nSPS) is 16.4. The number of aliphatic hydroxyl groups is 1. The summed E-state index contributed by atoms with van der Waals surface area (Å²) < 4.78 is 0. The van der Waals surface area contributed by atoms with Crippen LogP contribution in [0.25, 0.3) is 5.76 Å². The SMILES string of the molecule is CCCCCCCCCCCCCCCCN1C(=O)C(=O)/C(=C(/O)c2ccc([N+](=O)[O-])cc2)[C@@H]1c1ccc(Cl)cc1. The van der Waals surface area contributed by atoms with Gasteiger partial charge in [-0.1, -0.05) is 114 Å². The molecule has 1 atom stereocenters. The van der Waals surface area contributed by atoms with Crippen molar-refractivity contribution in [1.29, 1.82) is 0 Å². The maximum atomic E-state index is 13.2. The van der Waals surface area contributed by atoms with Crippen LogP contribution in [0, 0.1) is 10.1 Å². The third-order valence-electron chi connectivity index (χ3n) is 7.83. The van der Waals surface area contributed by atoms with Gasteiger partial charge >= 0.3 is 0 Å². The van der Waals surface area contributed by atoms with Gasteiger partial charge in [-0.05, 0) is 36.2 Å². The molecule has 2 aromatic carbocycles. The quantitative estimate of drug-likeness (QED) is 0.0471. The Hall–Kier alpha value is -3.19. The first-order chi connectivity index (χ1) is 19.8. The molecule has 0 unspecified atom stereocenters. The number of carbonyl (C=O) groups is 2. The Kier molecular flexibility index (Phi) is 13.3. The first-order valence-electron chi connectivity index (χ1n) is 15.1. The van der Waals surface area contributed by atoms with Crippen LogP contribution in [0.1, 0.15) is 114 Å². The molecule has 1 N–H and O–H groups in total. The van der Waals surface area contributed by atoms with Gasteiger partial charge in [-0.15, -0.1) is 0 Å². The Morgan fingerprint density at radius 1 is 0.805 bits per heavy atom. The number of amides is 1. The Bertz CT molecular complexity index is 1180. The maximum Gasteiger partial charge on any atom is 0.295 e. The summed E-state index contributed by atoms with van der Waals surface area (Å²) in [5.74, 6) is -1.75. The van der Waals surface area contributed by atoms with Crippen LogP contribution in [-0.2, 0) is 9.59 Å². The first-order valence-corrected chi connectivity index (χ1v) is 15.5. The summed E-state index contributed by atoms with van der Waals surface area (Å²) in [5.41, 5.74) is 0.761. The van der Waals surface area contributed by atoms with Crippen LogP contribution >= 0.6 is 11.6 Å². The molecule has 41 heavy (non-hydrogen) atoms. The fourth-order valence-corrected chi connectivity index (χ4v) is 5.60. The van der Waals surface area contributed by atoms with Gasteiger partial charge in [0.25, 0.3) is 17.4 Å². The highest BCUT2D eigenvalue weighted by Gasteiger charge is 2.45. The monoisotopic (exact) mass is 582 g/mol. The number of aliphatic hydroxyl groups excluding tert-OH is 1. The van der Waals surface area contributed by atoms with Crippen molar-refractivity contribution in [2.24, 2.45) is 0 Å². The smallest absolute Gasteiger partial charge is 0.295 e. The van der Waals surface area contributed by atoms with Crippen molar-refractivity contribution in [1.82, 2.24) is 4.90 Å². The predicted molar refractivity (Wildman–Crippen MR) is 164 cm³/mol. The summed E-state index contributed by atoms with van der Waals surface area (Å²) >= 11 is 6.09. The Morgan fingerprint density at radius 2 is 1.29 bits per heavy atom. The standard InChI is InChI=1S/C33H43ClN2O5/c1-2-3-4-5-6-7-8-9-10-11-12-13-14-15-24-35-30(25-16-20-27(34)21-17-25)29(32(38)33(35)39)31(37)26-18-22-28(23-19-26)36(40)41/h16-23,30,37H,2-15,24H2,1H3/b31-29+/t30-/m0/s1. The molecule has 0 bridgehead atoms. The van der Waals surface area contributed by atoms with Gasteiger partial charge in [0.15, 0.2) is 0 Å². The topological polar surface area (TPSA) is 101 Å². The highest BCUT2D eigenvalue weighted by Crippen LogP contribution is 2.40. The number of nitrogens with zero attached hydrogens (tertiary/aromatic N) is 2. The Balaban J connectivity index is 1.56. The summed E-state index contributed by atoms with van der Waals surface area (Å²) in [7, 11) is 0. The van der Waals surface area contributed by atoms with Gasteiger partial charge in [0, 0.05) is 29.3 Å². The second-order valence-corrected chi connectivity index (χ2v) is 11.4. The van der Waals surface area contributed by atoms with E-state index < -0.39 is 22.7 Å². The zero-order valence-corrected chi connectivity index (χ0v) is 24.9. The lowest BCUT2D eigenvalue weighted by Gasteiger charge is -2.25. The first kappa shape index (κ1) is 32.3. The van der Waals surface area contributed by atoms with Crippen LogP contribution in [0.15, 0.2) is 54.1 Å². The van der Waals surface area contributed by atoms with Gasteiger partial charge in [-0.2, -0.15) is 0 Å². The third kappa shape index (κ3) is 9.42. The number of hydrogen-bond donors (Lipinski definition) is 1. The van der Waals surface area contributed by atoms with E-state index in [-0.39, 0.29) is 22.6 Å². The van der Waals surface area contributed by atoms with Gasteiger partial charge in [0.05, 0.1) is 16.5 Å². The fourth-order valence-electron chi connectivity index (χ4n) is 5.48. The number of rotatable bonds is 18. The molecule has 8 heteroatoms. The highest BCUT2D eigenvalue weighted by atomic mass is 35.5. The van der Waals surface area contributed by atoms with Crippen LogP contribution in [-0.4, -0.2) is 33.2 Å². The van der Waals surface area contributed by atoms with Crippen molar-refractivity contribution in [3.05, 3.63) is 80.4 Å². The van der Waals surface area contributed by atoms with E-state index in [4.69, 9.17) is 11.6 Å². The molecule has 2 aromatic rings. The minimum Gasteiger partial charge on any atom is -0.507 e. The number of Topliss-reactive ketones (excluding diaryl/α,β-unsaturated/α-hetero) is 1. The van der Waals surface area contributed by atoms with Crippen molar-refractivity contribution < 1.29 is 19.6 Å². The Morgan fingerprint density at radius 3 is 1.78 bits per heavy atom. The van der Waals surface area contributed by atoms with E-state index >= 15 is 0 Å². The predicted octanol–water partition coefficient (Wildman–Crippen LogP) is 9.15. The molecule has 0 saturated carbocycles. The summed E-state index contributed by atoms with van der Waals surface area (Å²) in [5, 5.41) is 22.7. The number of nitro groups is 1. The van der Waals surface area contributed by atoms with Crippen molar-refractivity contribution in [3.8, 4) is 0 Å². The second-order valence-electron chi connectivity index (χ2n) is 10.9. The number of nitro benzene ring substituents is 1. The van der Waals surface area contributed by atoms with E-state index in [1.165, 1.54) is 93.4 Å². The lowest BCUT2D eigenvalue weighted by Crippen LogP contribution is -2.30. The minimum atomic E-state index is -0.760. The number of unbranched alkanes of at least 4 members (excludes halogenated alkanes) is 13. The largest absolute Gasteiger partial charge is 0.507 e.